The zero-order chi connectivity index (χ0) is 15.1. The van der Waals surface area contributed by atoms with E-state index in [1.807, 2.05) is 11.8 Å². The van der Waals surface area contributed by atoms with Crippen LogP contribution in [0.25, 0.3) is 0 Å². The Bertz CT molecular complexity index is 499. The fourth-order valence-corrected chi connectivity index (χ4v) is 2.88. The van der Waals surface area contributed by atoms with Crippen molar-refractivity contribution in [3.63, 3.8) is 0 Å². The van der Waals surface area contributed by atoms with Gasteiger partial charge in [0.1, 0.15) is 5.75 Å². The second kappa shape index (κ2) is 7.68. The van der Waals surface area contributed by atoms with Crippen LogP contribution < -0.4 is 4.74 Å². The van der Waals surface area contributed by atoms with Gasteiger partial charge in [-0.3, -0.25) is 4.79 Å². The Morgan fingerprint density at radius 1 is 1.29 bits per heavy atom. The number of likely N-dealkylation sites (N-methyl/N-ethyl adjacent to an activating group) is 1. The molecule has 2 rings (SSSR count). The third-order valence-corrected chi connectivity index (χ3v) is 4.02. The van der Waals surface area contributed by atoms with E-state index in [4.69, 9.17) is 10.00 Å². The number of hydrogen-bond acceptors (Lipinski definition) is 3. The molecule has 0 radical (unpaired) electrons. The summed E-state index contributed by atoms with van der Waals surface area (Å²) in [6.45, 7) is 2.82. The quantitative estimate of drug-likeness (QED) is 0.835. The van der Waals surface area contributed by atoms with Gasteiger partial charge in [0.2, 0.25) is 0 Å². The van der Waals surface area contributed by atoms with Crippen LogP contribution in [-0.2, 0) is 4.79 Å². The molecule has 0 N–H and O–H groups in total. The maximum Gasteiger partial charge on any atom is 0.260 e. The van der Waals surface area contributed by atoms with E-state index in [-0.39, 0.29) is 12.5 Å². The summed E-state index contributed by atoms with van der Waals surface area (Å²) in [5.41, 5.74) is 0.589. The first-order valence-electron chi connectivity index (χ1n) is 7.67. The lowest BCUT2D eigenvalue weighted by Gasteiger charge is -2.33. The molecule has 0 aliphatic heterocycles. The number of rotatable bonds is 5. The maximum absolute atomic E-state index is 12.3. The number of ether oxygens (including phenoxy) is 1. The number of hydrogen-bond donors (Lipinski definition) is 0. The molecule has 0 heterocycles. The highest BCUT2D eigenvalue weighted by Gasteiger charge is 2.24. The highest BCUT2D eigenvalue weighted by atomic mass is 16.5. The molecule has 1 aliphatic carbocycles. The summed E-state index contributed by atoms with van der Waals surface area (Å²) in [6, 6.07) is 9.27. The summed E-state index contributed by atoms with van der Waals surface area (Å²) in [4.78, 5) is 14.3. The highest BCUT2D eigenvalue weighted by molar-refractivity contribution is 5.78. The van der Waals surface area contributed by atoms with Crippen molar-refractivity contribution in [2.24, 2.45) is 0 Å². The molecule has 1 saturated carbocycles. The average Bonchev–Trinajstić information content (AvgIpc) is 2.55. The average molecular weight is 286 g/mol. The lowest BCUT2D eigenvalue weighted by Crippen LogP contribution is -2.43. The summed E-state index contributed by atoms with van der Waals surface area (Å²) >= 11 is 0. The largest absolute Gasteiger partial charge is 0.484 e. The number of carbonyl (C=O) groups is 1. The van der Waals surface area contributed by atoms with Gasteiger partial charge in [-0.1, -0.05) is 19.3 Å². The second-order valence-electron chi connectivity index (χ2n) is 5.40. The summed E-state index contributed by atoms with van der Waals surface area (Å²) in [7, 11) is 0. The summed E-state index contributed by atoms with van der Waals surface area (Å²) in [5, 5.41) is 8.74. The van der Waals surface area contributed by atoms with E-state index >= 15 is 0 Å². The minimum atomic E-state index is 0.0498. The normalized spacial score (nSPS) is 15.2. The highest BCUT2D eigenvalue weighted by Crippen LogP contribution is 2.22. The van der Waals surface area contributed by atoms with Crippen molar-refractivity contribution in [2.75, 3.05) is 13.2 Å². The Morgan fingerprint density at radius 3 is 2.52 bits per heavy atom. The van der Waals surface area contributed by atoms with Crippen molar-refractivity contribution >= 4 is 5.91 Å². The van der Waals surface area contributed by atoms with Crippen LogP contribution in [0.4, 0.5) is 0 Å². The van der Waals surface area contributed by atoms with Crippen molar-refractivity contribution in [1.82, 2.24) is 4.90 Å². The number of nitrogens with zero attached hydrogens (tertiary/aromatic N) is 2. The van der Waals surface area contributed by atoms with Crippen LogP contribution in [0.2, 0.25) is 0 Å². The number of carbonyl (C=O) groups excluding carboxylic acids is 1. The van der Waals surface area contributed by atoms with Crippen molar-refractivity contribution in [1.29, 1.82) is 5.26 Å². The Hall–Kier alpha value is -2.02. The van der Waals surface area contributed by atoms with Crippen molar-refractivity contribution < 1.29 is 9.53 Å². The van der Waals surface area contributed by atoms with Gasteiger partial charge in [0.15, 0.2) is 6.61 Å². The molecule has 1 aromatic carbocycles. The predicted molar refractivity (Wildman–Crippen MR) is 80.9 cm³/mol. The van der Waals surface area contributed by atoms with E-state index in [1.54, 1.807) is 24.3 Å². The number of nitriles is 1. The lowest BCUT2D eigenvalue weighted by molar-refractivity contribution is -0.136. The molecule has 21 heavy (non-hydrogen) atoms. The standard InChI is InChI=1S/C17H22N2O2/c1-2-19(15-6-4-3-5-7-15)17(20)13-21-16-10-8-14(12-18)9-11-16/h8-11,15H,2-7,13H2,1H3. The van der Waals surface area contributed by atoms with Gasteiger partial charge in [-0.2, -0.15) is 5.26 Å². The van der Waals surface area contributed by atoms with Crippen LogP contribution in [0.15, 0.2) is 24.3 Å². The molecule has 0 bridgehead atoms. The molecule has 0 spiro atoms. The number of amides is 1. The Labute approximate surface area is 126 Å². The van der Waals surface area contributed by atoms with E-state index < -0.39 is 0 Å². The van der Waals surface area contributed by atoms with Gasteiger partial charge in [-0.25, -0.2) is 0 Å². The molecular weight excluding hydrogens is 264 g/mol. The van der Waals surface area contributed by atoms with Gasteiger partial charge in [-0.15, -0.1) is 0 Å². The zero-order valence-electron chi connectivity index (χ0n) is 12.5. The van der Waals surface area contributed by atoms with Crippen LogP contribution in [0.1, 0.15) is 44.6 Å². The van der Waals surface area contributed by atoms with Gasteiger partial charge in [0.05, 0.1) is 11.6 Å². The fourth-order valence-electron chi connectivity index (χ4n) is 2.88. The van der Waals surface area contributed by atoms with Crippen LogP contribution in [-0.4, -0.2) is 30.0 Å². The molecule has 112 valence electrons. The van der Waals surface area contributed by atoms with E-state index in [9.17, 15) is 4.79 Å². The Balaban J connectivity index is 1.88. The monoisotopic (exact) mass is 286 g/mol. The van der Waals surface area contributed by atoms with Gasteiger partial charge >= 0.3 is 0 Å². The predicted octanol–water partition coefficient (Wildman–Crippen LogP) is 3.12. The molecule has 0 atom stereocenters. The fraction of sp³-hybridized carbons (Fsp3) is 0.529. The topological polar surface area (TPSA) is 53.3 Å². The van der Waals surface area contributed by atoms with Crippen molar-refractivity contribution in [3.8, 4) is 11.8 Å². The van der Waals surface area contributed by atoms with Crippen molar-refractivity contribution in [3.05, 3.63) is 29.8 Å². The smallest absolute Gasteiger partial charge is 0.260 e. The molecule has 0 saturated heterocycles. The van der Waals surface area contributed by atoms with Crippen molar-refractivity contribution in [2.45, 2.75) is 45.1 Å². The maximum atomic E-state index is 12.3. The van der Waals surface area contributed by atoms with E-state index in [0.717, 1.165) is 19.4 Å². The molecule has 0 aromatic heterocycles. The van der Waals surface area contributed by atoms with Gasteiger partial charge in [0.25, 0.3) is 5.91 Å². The molecule has 1 aromatic rings. The molecular formula is C17H22N2O2. The lowest BCUT2D eigenvalue weighted by atomic mass is 9.94. The van der Waals surface area contributed by atoms with E-state index in [2.05, 4.69) is 6.07 Å². The second-order valence-corrected chi connectivity index (χ2v) is 5.40. The Kier molecular flexibility index (Phi) is 5.62. The van der Waals surface area contributed by atoms with Crippen LogP contribution >= 0.6 is 0 Å². The Morgan fingerprint density at radius 2 is 1.95 bits per heavy atom. The van der Waals surface area contributed by atoms with Gasteiger partial charge < -0.3 is 9.64 Å². The van der Waals surface area contributed by atoms with E-state index in [1.165, 1.54) is 19.3 Å². The SMILES string of the molecule is CCN(C(=O)COc1ccc(C#N)cc1)C1CCCCC1. The van der Waals surface area contributed by atoms with Gasteiger partial charge in [-0.05, 0) is 44.0 Å². The molecule has 1 fully saturated rings. The number of benzene rings is 1. The first-order valence-corrected chi connectivity index (χ1v) is 7.67. The zero-order valence-corrected chi connectivity index (χ0v) is 12.5. The summed E-state index contributed by atoms with van der Waals surface area (Å²) in [6.07, 6.45) is 5.92. The van der Waals surface area contributed by atoms with E-state index in [0.29, 0.717) is 17.4 Å². The third kappa shape index (κ3) is 4.22. The third-order valence-electron chi connectivity index (χ3n) is 4.02. The molecule has 4 heteroatoms. The van der Waals surface area contributed by atoms with Crippen LogP contribution in [0.3, 0.4) is 0 Å². The van der Waals surface area contributed by atoms with Gasteiger partial charge in [0, 0.05) is 12.6 Å². The molecule has 1 aliphatic rings. The first-order chi connectivity index (χ1) is 10.2. The van der Waals surface area contributed by atoms with Crippen LogP contribution in [0, 0.1) is 11.3 Å². The van der Waals surface area contributed by atoms with Crippen LogP contribution in [0.5, 0.6) is 5.75 Å². The summed E-state index contributed by atoms with van der Waals surface area (Å²) in [5.74, 6) is 0.677. The molecule has 1 amide bonds. The molecule has 0 unspecified atom stereocenters. The molecule has 4 nitrogen and oxygen atoms in total. The minimum absolute atomic E-state index is 0.0498. The minimum Gasteiger partial charge on any atom is -0.484 e. The summed E-state index contributed by atoms with van der Waals surface area (Å²) < 4.78 is 5.54. The first kappa shape index (κ1) is 15.4.